The molecule has 10 aliphatic rings. The Kier molecular flexibility index (Phi) is 21.8. The van der Waals surface area contributed by atoms with E-state index in [4.69, 9.17) is 17.2 Å². The number of nitrogens with zero attached hydrogens (tertiary/aromatic N) is 3. The maximum atomic E-state index is 14.3. The maximum absolute atomic E-state index is 14.3. The summed E-state index contributed by atoms with van der Waals surface area (Å²) in [7, 11) is -6.39. The second-order valence-electron chi connectivity index (χ2n) is 31.5. The zero-order valence-electron chi connectivity index (χ0n) is 54.7. The number of Topliss-reactive ketones (excluding diaryl/α,β-unsaturated/α-hetero) is 2. The minimum absolute atomic E-state index is 0. The predicted molar refractivity (Wildman–Crippen MR) is 342 cm³/mol. The van der Waals surface area contributed by atoms with Crippen molar-refractivity contribution >= 4 is 78.8 Å². The first-order valence-corrected chi connectivity index (χ1v) is 36.4. The lowest BCUT2D eigenvalue weighted by molar-refractivity contribution is -0.145. The van der Waals surface area contributed by atoms with E-state index in [0.717, 1.165) is 77.0 Å². The Bertz CT molecular complexity index is 3090. The lowest BCUT2D eigenvalue weighted by Crippen LogP contribution is -2.65. The van der Waals surface area contributed by atoms with Crippen LogP contribution in [0.5, 0.6) is 0 Å². The van der Waals surface area contributed by atoms with Gasteiger partial charge in [0.2, 0.25) is 41.3 Å². The number of nitrogens with one attached hydrogen (secondary N) is 4. The van der Waals surface area contributed by atoms with Crippen molar-refractivity contribution in [2.45, 2.75) is 263 Å². The SMILES string of the molecule is C.CC(C)(C)[C@H](N)C(=O)N1C[C@H]2[C@@H]([C@H]1C(=O)NC(CC1CC1)C(=O)C(N)=O)C2(C)C.CC(C)(C)[C@H](NC(=O)NC1(C2CCCS2(=O)=O)CCCCC1)C(=O)N1C[C@H]2[C@@H]([C@H]1C(=O)NC(CC1CC1)C(=O)C(N)=O)C2(C)C.O=C=NC1(C2CCCS2(=O)=O)CCCCC1. The molecule has 91 heavy (non-hydrogen) atoms. The standard InChI is InChI=1S/C32H51N5O7S.C21H34N4O4.C11H17NO3S.CH4/c1-30(2,3)25(35-29(42)36-32(13-7-6-8-14-32)21-10-9-15-45(21,43)44)28(41)37-17-19-22(31(19,4)5)23(37)27(40)34-20(16-18-11-12-18)24(38)26(33)39;1-20(2,3)16(22)19(29)25-9-11-13(21(11,4)5)14(25)18(28)24-12(8-10-6-7-10)15(26)17(23)27;13-9-12-11(6-2-1-3-7-11)10-5-4-8-16(10,14)15;/h18-23,25H,6-17H2,1-5H3,(H2,33,39)(H,34,40)(H2,35,36,42);10-14,16H,6-9,22H2,1-5H3,(H2,23,27)(H,24,28);10H,1-8H2;1H4/t19-,20?,21?,22-,23-,25+;11-,12?,13-,14-,16+;;/m00../s1. The fourth-order valence-electron chi connectivity index (χ4n) is 16.4. The number of primary amides is 2. The number of sulfone groups is 2. The van der Waals surface area contributed by atoms with Gasteiger partial charge in [-0.3, -0.25) is 38.4 Å². The Morgan fingerprint density at radius 2 is 0.978 bits per heavy atom. The summed E-state index contributed by atoms with van der Waals surface area (Å²) in [4.78, 5) is 134. The third-order valence-corrected chi connectivity index (χ3v) is 27.2. The third-order valence-electron chi connectivity index (χ3n) is 22.4. The Labute approximate surface area is 539 Å². The largest absolute Gasteiger partial charge is 0.363 e. The molecule has 12 atom stereocenters. The van der Waals surface area contributed by atoms with Crippen LogP contribution in [0.2, 0.25) is 0 Å². The van der Waals surface area contributed by atoms with Crippen molar-refractivity contribution in [1.82, 2.24) is 31.1 Å². The second-order valence-corrected chi connectivity index (χ2v) is 36.1. The number of carbonyl (C=O) groups excluding carboxylic acids is 10. The third kappa shape index (κ3) is 15.8. The van der Waals surface area contributed by atoms with E-state index in [1.54, 1.807) is 11.0 Å². The Morgan fingerprint density at radius 3 is 1.34 bits per heavy atom. The Hall–Kier alpha value is -5.33. The molecule has 26 heteroatoms. The molecular formula is C65H106N10O14S2. The average molecular weight is 1320 g/mol. The fourth-order valence-corrected chi connectivity index (χ4v) is 21.1. The van der Waals surface area contributed by atoms with Crippen LogP contribution in [0, 0.1) is 57.2 Å². The van der Waals surface area contributed by atoms with Crippen LogP contribution >= 0.6 is 0 Å². The van der Waals surface area contributed by atoms with E-state index in [1.807, 2.05) is 55.4 Å². The average Bonchev–Trinajstić information content (AvgIpc) is 1.53. The number of urea groups is 1. The van der Waals surface area contributed by atoms with E-state index in [2.05, 4.69) is 40.1 Å². The molecular weight excluding hydrogens is 1210 g/mol. The van der Waals surface area contributed by atoms with Crippen molar-refractivity contribution < 1.29 is 64.8 Å². The van der Waals surface area contributed by atoms with Crippen molar-refractivity contribution in [3.8, 4) is 0 Å². The number of rotatable bonds is 19. The summed E-state index contributed by atoms with van der Waals surface area (Å²) >= 11 is 0. The van der Waals surface area contributed by atoms with E-state index in [-0.39, 0.29) is 65.3 Å². The lowest BCUT2D eigenvalue weighted by Gasteiger charge is -2.43. The highest BCUT2D eigenvalue weighted by Gasteiger charge is 2.71. The van der Waals surface area contributed by atoms with Crippen LogP contribution in [-0.4, -0.2) is 168 Å². The molecule has 10 N–H and O–H groups in total. The first-order chi connectivity index (χ1) is 41.8. The number of carbonyl (C=O) groups is 9. The number of hydrogen-bond donors (Lipinski definition) is 7. The number of ketones is 2. The zero-order valence-corrected chi connectivity index (χ0v) is 56.3. The smallest absolute Gasteiger partial charge is 0.315 e. The van der Waals surface area contributed by atoms with Gasteiger partial charge >= 0.3 is 6.03 Å². The molecule has 6 saturated carbocycles. The molecule has 0 aromatic rings. The number of isocyanates is 1. The summed E-state index contributed by atoms with van der Waals surface area (Å²) in [5, 5.41) is 10.4. The van der Waals surface area contributed by atoms with Gasteiger partial charge in [0.25, 0.3) is 11.8 Å². The van der Waals surface area contributed by atoms with Gasteiger partial charge in [0.15, 0.2) is 19.7 Å². The Balaban J connectivity index is 0.000000217. The maximum Gasteiger partial charge on any atom is 0.315 e. The van der Waals surface area contributed by atoms with Gasteiger partial charge in [-0.1, -0.05) is 141 Å². The van der Waals surface area contributed by atoms with Gasteiger partial charge in [-0.15, -0.1) is 0 Å². The molecule has 8 amide bonds. The molecule has 4 saturated heterocycles. The highest BCUT2D eigenvalue weighted by Crippen LogP contribution is 2.66. The van der Waals surface area contributed by atoms with Crippen molar-refractivity contribution in [3.63, 3.8) is 0 Å². The molecule has 24 nitrogen and oxygen atoms in total. The summed E-state index contributed by atoms with van der Waals surface area (Å²) in [6.45, 7) is 20.3. The van der Waals surface area contributed by atoms with Gasteiger partial charge in [0.05, 0.1) is 51.2 Å². The lowest BCUT2D eigenvalue weighted by atomic mass is 9.78. The van der Waals surface area contributed by atoms with Crippen molar-refractivity contribution in [3.05, 3.63) is 0 Å². The number of amides is 8. The van der Waals surface area contributed by atoms with Gasteiger partial charge in [-0.05, 0) is 121 Å². The quantitative estimate of drug-likeness (QED) is 0.0541. The summed E-state index contributed by atoms with van der Waals surface area (Å²) in [5.74, 6) is -4.20. The first kappa shape index (κ1) is 73.1. The number of fused-ring (bicyclic) bond motifs is 2. The highest BCUT2D eigenvalue weighted by molar-refractivity contribution is 7.92. The van der Waals surface area contributed by atoms with Crippen LogP contribution in [0.15, 0.2) is 4.99 Å². The predicted octanol–water partition coefficient (Wildman–Crippen LogP) is 4.22. The molecule has 10 rings (SSSR count). The summed E-state index contributed by atoms with van der Waals surface area (Å²) in [6.07, 6.45) is 16.8. The van der Waals surface area contributed by atoms with Crippen LogP contribution in [0.1, 0.15) is 205 Å². The van der Waals surface area contributed by atoms with E-state index < -0.39 is 135 Å². The van der Waals surface area contributed by atoms with E-state index in [0.29, 0.717) is 70.4 Å². The number of likely N-dealkylation sites (tertiary alicyclic amines) is 2. The van der Waals surface area contributed by atoms with Gasteiger partial charge in [0, 0.05) is 13.1 Å². The van der Waals surface area contributed by atoms with Gasteiger partial charge in [-0.25, -0.2) is 26.4 Å². The van der Waals surface area contributed by atoms with Crippen molar-refractivity contribution in [2.24, 2.45) is 79.4 Å². The van der Waals surface area contributed by atoms with Gasteiger partial charge in [-0.2, -0.15) is 4.99 Å². The van der Waals surface area contributed by atoms with Crippen LogP contribution in [-0.2, 0) is 62.8 Å². The molecule has 0 radical (unpaired) electrons. The molecule has 4 aliphatic heterocycles. The first-order valence-electron chi connectivity index (χ1n) is 33.0. The number of nitrogens with two attached hydrogens (primary N) is 3. The van der Waals surface area contributed by atoms with Gasteiger partial charge < -0.3 is 48.3 Å². The van der Waals surface area contributed by atoms with Crippen LogP contribution in [0.25, 0.3) is 0 Å². The molecule has 0 aromatic carbocycles. The number of aliphatic imine (C=N–C) groups is 1. The van der Waals surface area contributed by atoms with E-state index in [1.165, 1.54) is 4.90 Å². The molecule has 0 bridgehead atoms. The number of hydrogen-bond acceptors (Lipinski definition) is 16. The Morgan fingerprint density at radius 1 is 0.571 bits per heavy atom. The summed E-state index contributed by atoms with van der Waals surface area (Å²) < 4.78 is 49.9. The van der Waals surface area contributed by atoms with Crippen LogP contribution in [0.3, 0.4) is 0 Å². The molecule has 0 spiro atoms. The molecule has 6 aliphatic carbocycles. The molecule has 4 heterocycles. The highest BCUT2D eigenvalue weighted by atomic mass is 32.2. The van der Waals surface area contributed by atoms with Crippen molar-refractivity contribution in [1.29, 1.82) is 0 Å². The minimum atomic E-state index is -3.35. The normalized spacial score (nSPS) is 30.3. The molecule has 4 unspecified atom stereocenters. The molecule has 512 valence electrons. The van der Waals surface area contributed by atoms with Crippen LogP contribution in [0.4, 0.5) is 4.79 Å². The summed E-state index contributed by atoms with van der Waals surface area (Å²) in [6, 6.07) is -5.85. The monoisotopic (exact) mass is 1310 g/mol. The minimum Gasteiger partial charge on any atom is -0.363 e. The zero-order chi connectivity index (χ0) is 66.6. The van der Waals surface area contributed by atoms with Gasteiger partial charge in [0.1, 0.15) is 18.1 Å². The second kappa shape index (κ2) is 27.2. The molecule has 0 aromatic heterocycles. The van der Waals surface area contributed by atoms with E-state index >= 15 is 0 Å². The fraction of sp³-hybridized carbons (Fsp3) is 0.846. The topological polar surface area (TPSA) is 384 Å². The number of piperidine rings is 2. The van der Waals surface area contributed by atoms with Crippen LogP contribution < -0.4 is 38.5 Å². The molecule has 10 fully saturated rings. The summed E-state index contributed by atoms with van der Waals surface area (Å²) in [5.41, 5.74) is 13.7. The van der Waals surface area contributed by atoms with Crippen molar-refractivity contribution in [2.75, 3.05) is 24.6 Å². The van der Waals surface area contributed by atoms with E-state index in [9.17, 15) is 64.8 Å².